The molecular formula is C21H21N5O2. The summed E-state index contributed by atoms with van der Waals surface area (Å²) in [5.74, 6) is 1.64. The lowest BCUT2D eigenvalue weighted by atomic mass is 10.0. The van der Waals surface area contributed by atoms with Gasteiger partial charge < -0.3 is 9.64 Å². The van der Waals surface area contributed by atoms with Crippen LogP contribution in [0.15, 0.2) is 55.0 Å². The Kier molecular flexibility index (Phi) is 5.23. The van der Waals surface area contributed by atoms with Crippen molar-refractivity contribution in [3.63, 3.8) is 0 Å². The molecule has 3 heterocycles. The lowest BCUT2D eigenvalue weighted by Gasteiger charge is -2.34. The van der Waals surface area contributed by atoms with Crippen LogP contribution in [0.5, 0.6) is 11.6 Å². The van der Waals surface area contributed by atoms with Crippen LogP contribution >= 0.6 is 0 Å². The molecule has 0 unspecified atom stereocenters. The highest BCUT2D eigenvalue weighted by molar-refractivity contribution is 5.92. The number of carbonyl (C=O) groups is 1. The number of aryl methyl sites for hydroxylation is 1. The Balaban J connectivity index is 1.63. The van der Waals surface area contributed by atoms with Crippen LogP contribution < -0.4 is 4.74 Å². The summed E-state index contributed by atoms with van der Waals surface area (Å²) in [6, 6.07) is 11.1. The molecule has 1 aliphatic rings. The van der Waals surface area contributed by atoms with E-state index in [1.165, 1.54) is 12.4 Å². The molecule has 1 atom stereocenters. The second-order valence-corrected chi connectivity index (χ2v) is 6.72. The van der Waals surface area contributed by atoms with Gasteiger partial charge in [-0.05, 0) is 38.3 Å². The molecule has 1 aliphatic heterocycles. The van der Waals surface area contributed by atoms with Crippen LogP contribution in [0, 0.1) is 6.92 Å². The standard InChI is InChI=1S/C21H21N5O2/c1-15-13-19(28-16-7-3-2-4-8-16)25-20(24-15)18-9-5-6-12-26(18)21(27)17-14-22-10-11-23-17/h2-4,7-8,10-11,13-14,18H,5-6,9,12H2,1H3/t18-/m0/s1. The molecule has 4 rings (SSSR count). The summed E-state index contributed by atoms with van der Waals surface area (Å²) >= 11 is 0. The first-order chi connectivity index (χ1) is 13.7. The minimum Gasteiger partial charge on any atom is -0.439 e. The molecule has 3 aromatic rings. The van der Waals surface area contributed by atoms with Gasteiger partial charge in [-0.3, -0.25) is 9.78 Å². The summed E-state index contributed by atoms with van der Waals surface area (Å²) in [6.45, 7) is 2.55. The minimum absolute atomic E-state index is 0.145. The van der Waals surface area contributed by atoms with Crippen molar-refractivity contribution in [2.24, 2.45) is 0 Å². The second kappa shape index (κ2) is 8.12. The van der Waals surface area contributed by atoms with Crippen LogP contribution in [0.2, 0.25) is 0 Å². The van der Waals surface area contributed by atoms with E-state index in [0.29, 0.717) is 29.7 Å². The van der Waals surface area contributed by atoms with Crippen LogP contribution in [0.4, 0.5) is 0 Å². The Hall–Kier alpha value is -3.35. The van der Waals surface area contributed by atoms with Crippen molar-refractivity contribution in [3.05, 3.63) is 72.2 Å². The monoisotopic (exact) mass is 375 g/mol. The Labute approximate surface area is 163 Å². The lowest BCUT2D eigenvalue weighted by Crippen LogP contribution is -2.39. The quantitative estimate of drug-likeness (QED) is 0.691. The highest BCUT2D eigenvalue weighted by Gasteiger charge is 2.31. The van der Waals surface area contributed by atoms with Gasteiger partial charge in [-0.15, -0.1) is 0 Å². The van der Waals surface area contributed by atoms with Crippen LogP contribution in [0.1, 0.15) is 47.3 Å². The summed E-state index contributed by atoms with van der Waals surface area (Å²) in [6.07, 6.45) is 7.35. The van der Waals surface area contributed by atoms with Crippen molar-refractivity contribution in [2.45, 2.75) is 32.2 Å². The zero-order valence-electron chi connectivity index (χ0n) is 15.7. The average Bonchev–Trinajstić information content (AvgIpc) is 2.74. The summed E-state index contributed by atoms with van der Waals surface area (Å²) in [5.41, 5.74) is 1.14. The molecule has 1 amide bonds. The number of piperidine rings is 1. The maximum Gasteiger partial charge on any atom is 0.274 e. The summed E-state index contributed by atoms with van der Waals surface area (Å²) in [5, 5.41) is 0. The average molecular weight is 375 g/mol. The van der Waals surface area contributed by atoms with E-state index in [1.54, 1.807) is 17.2 Å². The summed E-state index contributed by atoms with van der Waals surface area (Å²) < 4.78 is 5.89. The molecule has 0 N–H and O–H groups in total. The summed E-state index contributed by atoms with van der Waals surface area (Å²) in [7, 11) is 0. The highest BCUT2D eigenvalue weighted by atomic mass is 16.5. The molecule has 7 nitrogen and oxygen atoms in total. The summed E-state index contributed by atoms with van der Waals surface area (Å²) in [4.78, 5) is 32.2. The van der Waals surface area contributed by atoms with Crippen LogP contribution in [0.25, 0.3) is 0 Å². The van der Waals surface area contributed by atoms with E-state index in [-0.39, 0.29) is 11.9 Å². The SMILES string of the molecule is Cc1cc(Oc2ccccc2)nc([C@@H]2CCCCN2C(=O)c2cnccn2)n1. The van der Waals surface area contributed by atoms with Crippen molar-refractivity contribution in [3.8, 4) is 11.6 Å². The molecule has 142 valence electrons. The first-order valence-electron chi connectivity index (χ1n) is 9.36. The molecule has 1 saturated heterocycles. The number of rotatable bonds is 4. The molecule has 0 bridgehead atoms. The Morgan fingerprint density at radius 2 is 2.00 bits per heavy atom. The molecule has 28 heavy (non-hydrogen) atoms. The number of amides is 1. The molecule has 1 aromatic carbocycles. The number of hydrogen-bond acceptors (Lipinski definition) is 6. The van der Waals surface area contributed by atoms with Gasteiger partial charge in [0.1, 0.15) is 11.4 Å². The molecule has 2 aromatic heterocycles. The van der Waals surface area contributed by atoms with E-state index >= 15 is 0 Å². The van der Waals surface area contributed by atoms with Crippen molar-refractivity contribution in [2.75, 3.05) is 6.54 Å². The zero-order chi connectivity index (χ0) is 19.3. The Bertz CT molecular complexity index is 950. The van der Waals surface area contributed by atoms with E-state index in [0.717, 1.165) is 25.0 Å². The second-order valence-electron chi connectivity index (χ2n) is 6.72. The maximum atomic E-state index is 13.0. The van der Waals surface area contributed by atoms with E-state index in [9.17, 15) is 4.79 Å². The number of ether oxygens (including phenoxy) is 1. The molecule has 0 spiro atoms. The number of likely N-dealkylation sites (tertiary alicyclic amines) is 1. The third-order valence-corrected chi connectivity index (χ3v) is 4.66. The van der Waals surface area contributed by atoms with Crippen molar-refractivity contribution >= 4 is 5.91 Å². The molecular weight excluding hydrogens is 354 g/mol. The maximum absolute atomic E-state index is 13.0. The first-order valence-corrected chi connectivity index (χ1v) is 9.36. The number of nitrogens with zero attached hydrogens (tertiary/aromatic N) is 5. The molecule has 0 aliphatic carbocycles. The van der Waals surface area contributed by atoms with Gasteiger partial charge in [-0.2, -0.15) is 4.98 Å². The fraction of sp³-hybridized carbons (Fsp3) is 0.286. The zero-order valence-corrected chi connectivity index (χ0v) is 15.7. The third-order valence-electron chi connectivity index (χ3n) is 4.66. The van der Waals surface area contributed by atoms with E-state index < -0.39 is 0 Å². The van der Waals surface area contributed by atoms with Gasteiger partial charge in [0.2, 0.25) is 5.88 Å². The predicted molar refractivity (Wildman–Crippen MR) is 103 cm³/mol. The van der Waals surface area contributed by atoms with E-state index in [4.69, 9.17) is 4.74 Å². The van der Waals surface area contributed by atoms with E-state index in [2.05, 4.69) is 19.9 Å². The molecule has 7 heteroatoms. The van der Waals surface area contributed by atoms with Gasteiger partial charge in [-0.1, -0.05) is 18.2 Å². The van der Waals surface area contributed by atoms with Gasteiger partial charge in [0.15, 0.2) is 5.82 Å². The van der Waals surface area contributed by atoms with E-state index in [1.807, 2.05) is 37.3 Å². The van der Waals surface area contributed by atoms with Crippen LogP contribution in [-0.2, 0) is 0 Å². The minimum atomic E-state index is -0.207. The molecule has 0 radical (unpaired) electrons. The number of hydrogen-bond donors (Lipinski definition) is 0. The number of para-hydroxylation sites is 1. The predicted octanol–water partition coefficient (Wildman–Crippen LogP) is 3.73. The number of carbonyl (C=O) groups excluding carboxylic acids is 1. The van der Waals surface area contributed by atoms with Gasteiger partial charge >= 0.3 is 0 Å². The fourth-order valence-corrected chi connectivity index (χ4v) is 3.37. The Morgan fingerprint density at radius 3 is 2.79 bits per heavy atom. The lowest BCUT2D eigenvalue weighted by molar-refractivity contribution is 0.0592. The highest BCUT2D eigenvalue weighted by Crippen LogP contribution is 2.31. The topological polar surface area (TPSA) is 81.1 Å². The van der Waals surface area contributed by atoms with Gasteiger partial charge in [0.05, 0.1) is 12.2 Å². The van der Waals surface area contributed by atoms with Gasteiger partial charge in [0, 0.05) is 30.7 Å². The number of benzene rings is 1. The van der Waals surface area contributed by atoms with Crippen molar-refractivity contribution in [1.29, 1.82) is 0 Å². The Morgan fingerprint density at radius 1 is 1.14 bits per heavy atom. The van der Waals surface area contributed by atoms with Crippen molar-refractivity contribution in [1.82, 2.24) is 24.8 Å². The fourth-order valence-electron chi connectivity index (χ4n) is 3.37. The van der Waals surface area contributed by atoms with Gasteiger partial charge in [0.25, 0.3) is 5.91 Å². The first kappa shape index (κ1) is 18.0. The molecule has 0 saturated carbocycles. The molecule has 1 fully saturated rings. The van der Waals surface area contributed by atoms with Crippen LogP contribution in [-0.4, -0.2) is 37.3 Å². The van der Waals surface area contributed by atoms with Crippen molar-refractivity contribution < 1.29 is 9.53 Å². The number of aromatic nitrogens is 4. The third kappa shape index (κ3) is 3.98. The largest absolute Gasteiger partial charge is 0.439 e. The smallest absolute Gasteiger partial charge is 0.274 e. The van der Waals surface area contributed by atoms with Gasteiger partial charge in [-0.25, -0.2) is 9.97 Å². The van der Waals surface area contributed by atoms with Crippen LogP contribution in [0.3, 0.4) is 0 Å². The normalized spacial score (nSPS) is 16.6.